The minimum atomic E-state index is -3.30. The Kier molecular flexibility index (Phi) is 4.87. The van der Waals surface area contributed by atoms with Gasteiger partial charge in [-0.1, -0.05) is 17.7 Å². The number of anilines is 2. The van der Waals surface area contributed by atoms with E-state index in [1.807, 2.05) is 17.0 Å². The van der Waals surface area contributed by atoms with Crippen molar-refractivity contribution in [2.75, 3.05) is 18.1 Å². The third kappa shape index (κ3) is 3.86. The van der Waals surface area contributed by atoms with Crippen LogP contribution in [0.25, 0.3) is 10.7 Å². The molecular formula is C20H16ClN3O5S2. The van der Waals surface area contributed by atoms with Crippen molar-refractivity contribution in [3.8, 4) is 16.5 Å². The predicted molar refractivity (Wildman–Crippen MR) is 117 cm³/mol. The third-order valence-electron chi connectivity index (χ3n) is 5.16. The molecule has 31 heavy (non-hydrogen) atoms. The van der Waals surface area contributed by atoms with Crippen molar-refractivity contribution in [2.45, 2.75) is 17.9 Å². The highest BCUT2D eigenvalue weighted by atomic mass is 35.5. The van der Waals surface area contributed by atoms with Gasteiger partial charge in [0.15, 0.2) is 22.3 Å². The second-order valence-electron chi connectivity index (χ2n) is 7.31. The van der Waals surface area contributed by atoms with Gasteiger partial charge in [0.1, 0.15) is 11.6 Å². The number of hydrogen-bond acceptors (Lipinski definition) is 8. The van der Waals surface area contributed by atoms with Crippen molar-refractivity contribution in [2.24, 2.45) is 0 Å². The minimum absolute atomic E-state index is 0.107. The number of ether oxygens (including phenoxy) is 1. The van der Waals surface area contributed by atoms with Gasteiger partial charge in [0, 0.05) is 23.9 Å². The van der Waals surface area contributed by atoms with Gasteiger partial charge in [-0.3, -0.25) is 0 Å². The molecule has 1 aromatic carbocycles. The first kappa shape index (κ1) is 20.2. The Bertz CT molecular complexity index is 1320. The molecule has 2 aliphatic rings. The average molecular weight is 478 g/mol. The molecule has 0 saturated carbocycles. The third-order valence-corrected chi connectivity index (χ3v) is 7.82. The van der Waals surface area contributed by atoms with Crippen LogP contribution >= 0.6 is 22.9 Å². The molecule has 160 valence electrons. The first-order valence-corrected chi connectivity index (χ1v) is 12.4. The SMILES string of the molecule is O=C(O)COc1ccc2c(c1)N(c1nc(-c3ccc(Cl)s3)nc3c1CS(=O)(=O)C3)CC2. The van der Waals surface area contributed by atoms with E-state index in [4.69, 9.17) is 26.4 Å². The number of rotatable bonds is 5. The number of carboxylic acid groups (broad SMARTS) is 1. The van der Waals surface area contributed by atoms with Gasteiger partial charge in [0.05, 0.1) is 26.4 Å². The fourth-order valence-corrected chi connectivity index (χ4v) is 6.32. The number of hydrogen-bond donors (Lipinski definition) is 1. The zero-order valence-corrected chi connectivity index (χ0v) is 18.4. The molecule has 5 rings (SSSR count). The molecule has 0 amide bonds. The first-order chi connectivity index (χ1) is 14.8. The maximum Gasteiger partial charge on any atom is 0.341 e. The molecule has 0 aliphatic carbocycles. The number of thiophene rings is 1. The number of benzene rings is 1. The Morgan fingerprint density at radius 3 is 2.81 bits per heavy atom. The zero-order chi connectivity index (χ0) is 21.8. The van der Waals surface area contributed by atoms with Crippen molar-refractivity contribution in [3.05, 3.63) is 51.5 Å². The normalized spacial score (nSPS) is 16.2. The molecule has 0 saturated heterocycles. The summed E-state index contributed by atoms with van der Waals surface area (Å²) in [6.07, 6.45) is 0.750. The number of fused-ring (bicyclic) bond motifs is 2. The van der Waals surface area contributed by atoms with Crippen LogP contribution < -0.4 is 9.64 Å². The molecule has 2 aromatic heterocycles. The van der Waals surface area contributed by atoms with E-state index < -0.39 is 22.4 Å². The molecule has 0 spiro atoms. The molecule has 11 heteroatoms. The number of nitrogens with zero attached hydrogens (tertiary/aromatic N) is 3. The molecule has 0 fully saturated rings. The Balaban J connectivity index is 1.61. The van der Waals surface area contributed by atoms with Gasteiger partial charge in [0.25, 0.3) is 0 Å². The summed E-state index contributed by atoms with van der Waals surface area (Å²) in [5.74, 6) is 0.137. The Morgan fingerprint density at radius 1 is 1.23 bits per heavy atom. The van der Waals surface area contributed by atoms with Gasteiger partial charge in [-0.25, -0.2) is 23.2 Å². The van der Waals surface area contributed by atoms with Crippen molar-refractivity contribution in [1.82, 2.24) is 9.97 Å². The molecule has 4 heterocycles. The molecule has 0 bridgehead atoms. The van der Waals surface area contributed by atoms with Crippen LogP contribution in [0.4, 0.5) is 11.5 Å². The highest BCUT2D eigenvalue weighted by Gasteiger charge is 2.34. The highest BCUT2D eigenvalue weighted by molar-refractivity contribution is 7.90. The predicted octanol–water partition coefficient (Wildman–Crippen LogP) is 3.44. The monoisotopic (exact) mass is 477 g/mol. The van der Waals surface area contributed by atoms with E-state index in [9.17, 15) is 13.2 Å². The van der Waals surface area contributed by atoms with E-state index in [0.29, 0.717) is 39.5 Å². The lowest BCUT2D eigenvalue weighted by Gasteiger charge is -2.22. The first-order valence-electron chi connectivity index (χ1n) is 9.40. The maximum absolute atomic E-state index is 12.4. The molecule has 0 atom stereocenters. The van der Waals surface area contributed by atoms with Crippen LogP contribution in [0.1, 0.15) is 16.8 Å². The van der Waals surface area contributed by atoms with E-state index >= 15 is 0 Å². The molecule has 1 N–H and O–H groups in total. The molecule has 3 aromatic rings. The molecule has 8 nitrogen and oxygen atoms in total. The quantitative estimate of drug-likeness (QED) is 0.595. The van der Waals surface area contributed by atoms with E-state index in [2.05, 4.69) is 4.98 Å². The average Bonchev–Trinajstić information content (AvgIpc) is 3.40. The number of aromatic nitrogens is 2. The number of carboxylic acids is 1. The Labute approximate surface area is 187 Å². The number of carbonyl (C=O) groups is 1. The van der Waals surface area contributed by atoms with Crippen molar-refractivity contribution < 1.29 is 23.1 Å². The number of aliphatic carboxylic acids is 1. The molecular weight excluding hydrogens is 462 g/mol. The molecule has 2 aliphatic heterocycles. The summed E-state index contributed by atoms with van der Waals surface area (Å²) in [6.45, 7) is 0.176. The van der Waals surface area contributed by atoms with Crippen LogP contribution in [0, 0.1) is 0 Å². The lowest BCUT2D eigenvalue weighted by atomic mass is 10.1. The van der Waals surface area contributed by atoms with Gasteiger partial charge >= 0.3 is 5.97 Å². The second kappa shape index (κ2) is 7.47. The lowest BCUT2D eigenvalue weighted by molar-refractivity contribution is -0.139. The van der Waals surface area contributed by atoms with Gasteiger partial charge in [-0.15, -0.1) is 11.3 Å². The van der Waals surface area contributed by atoms with Gasteiger partial charge in [0.2, 0.25) is 0 Å². The minimum Gasteiger partial charge on any atom is -0.482 e. The fourth-order valence-electron chi connectivity index (χ4n) is 3.85. The van der Waals surface area contributed by atoms with Crippen LogP contribution in [0.3, 0.4) is 0 Å². The highest BCUT2D eigenvalue weighted by Crippen LogP contribution is 2.42. The van der Waals surface area contributed by atoms with Gasteiger partial charge in [-0.2, -0.15) is 0 Å². The number of sulfone groups is 1. The van der Waals surface area contributed by atoms with Crippen molar-refractivity contribution in [3.63, 3.8) is 0 Å². The Hall–Kier alpha value is -2.69. The Morgan fingerprint density at radius 2 is 2.06 bits per heavy atom. The second-order valence-corrected chi connectivity index (χ2v) is 11.1. The summed E-state index contributed by atoms with van der Waals surface area (Å²) in [4.78, 5) is 22.8. The van der Waals surface area contributed by atoms with Gasteiger partial charge < -0.3 is 14.7 Å². The smallest absolute Gasteiger partial charge is 0.341 e. The summed E-state index contributed by atoms with van der Waals surface area (Å²) in [7, 11) is -3.30. The van der Waals surface area contributed by atoms with Crippen molar-refractivity contribution >= 4 is 50.2 Å². The van der Waals surface area contributed by atoms with E-state index in [1.165, 1.54) is 11.3 Å². The van der Waals surface area contributed by atoms with E-state index in [1.54, 1.807) is 18.2 Å². The topological polar surface area (TPSA) is 110 Å². The van der Waals surface area contributed by atoms with Crippen molar-refractivity contribution in [1.29, 1.82) is 0 Å². The molecule has 0 radical (unpaired) electrons. The fraction of sp³-hybridized carbons (Fsp3) is 0.250. The largest absolute Gasteiger partial charge is 0.482 e. The van der Waals surface area contributed by atoms with Crippen LogP contribution in [0.15, 0.2) is 30.3 Å². The van der Waals surface area contributed by atoms with Crippen LogP contribution in [0.5, 0.6) is 5.75 Å². The van der Waals surface area contributed by atoms with Crippen LogP contribution in [-0.4, -0.2) is 42.6 Å². The van der Waals surface area contributed by atoms with Crippen LogP contribution in [0.2, 0.25) is 4.34 Å². The van der Waals surface area contributed by atoms with Crippen LogP contribution in [-0.2, 0) is 32.6 Å². The molecule has 0 unspecified atom stereocenters. The summed E-state index contributed by atoms with van der Waals surface area (Å²) in [6, 6.07) is 8.97. The van der Waals surface area contributed by atoms with E-state index in [0.717, 1.165) is 22.5 Å². The maximum atomic E-state index is 12.4. The number of halogens is 1. The summed E-state index contributed by atoms with van der Waals surface area (Å²) in [5, 5.41) is 8.88. The summed E-state index contributed by atoms with van der Waals surface area (Å²) in [5.41, 5.74) is 2.99. The lowest BCUT2D eigenvalue weighted by Crippen LogP contribution is -2.18. The van der Waals surface area contributed by atoms with E-state index in [-0.39, 0.29) is 11.5 Å². The van der Waals surface area contributed by atoms with Gasteiger partial charge in [-0.05, 0) is 30.2 Å². The summed E-state index contributed by atoms with van der Waals surface area (Å²) >= 11 is 7.41. The summed E-state index contributed by atoms with van der Waals surface area (Å²) < 4.78 is 30.7. The standard InChI is InChI=1S/C20H16ClN3O5S2/c21-17-4-3-16(30-17)19-22-14-10-31(27,28)9-13(14)20(23-19)24-6-5-11-1-2-12(7-15(11)24)29-8-18(25)26/h1-4,7H,5-6,8-10H2,(H,25,26). The zero-order valence-electron chi connectivity index (χ0n) is 16.0.